The minimum Gasteiger partial charge on any atom is -0.309 e. The zero-order chi connectivity index (χ0) is 14.5. The van der Waals surface area contributed by atoms with Crippen LogP contribution < -0.4 is 5.32 Å². The van der Waals surface area contributed by atoms with Crippen LogP contribution in [0, 0.1) is 11.3 Å². The first-order valence-electron chi connectivity index (χ1n) is 9.11. The van der Waals surface area contributed by atoms with Gasteiger partial charge >= 0.3 is 0 Å². The van der Waals surface area contributed by atoms with Crippen molar-refractivity contribution >= 4 is 0 Å². The maximum absolute atomic E-state index is 4.00. The van der Waals surface area contributed by atoms with Gasteiger partial charge in [-0.1, -0.05) is 62.9 Å². The maximum atomic E-state index is 4.00. The van der Waals surface area contributed by atoms with Crippen LogP contribution in [0.25, 0.3) is 0 Å². The lowest BCUT2D eigenvalue weighted by atomic mass is 9.66. The number of nitrogens with one attached hydrogen (secondary N) is 1. The van der Waals surface area contributed by atoms with Crippen molar-refractivity contribution in [2.45, 2.75) is 70.8 Å². The molecule has 1 nitrogen and oxygen atoms in total. The summed E-state index contributed by atoms with van der Waals surface area (Å²) < 4.78 is 0. The molecule has 1 aromatic carbocycles. The normalized spacial score (nSPS) is 23.5. The van der Waals surface area contributed by atoms with Gasteiger partial charge in [0.25, 0.3) is 0 Å². The summed E-state index contributed by atoms with van der Waals surface area (Å²) >= 11 is 0. The van der Waals surface area contributed by atoms with Crippen molar-refractivity contribution < 1.29 is 0 Å². The molecule has 0 radical (unpaired) electrons. The van der Waals surface area contributed by atoms with Gasteiger partial charge in [0.15, 0.2) is 0 Å². The quantitative estimate of drug-likeness (QED) is 0.730. The Morgan fingerprint density at radius 3 is 2.33 bits per heavy atom. The van der Waals surface area contributed by atoms with E-state index in [1.165, 1.54) is 69.9 Å². The topological polar surface area (TPSA) is 12.0 Å². The third-order valence-corrected chi connectivity index (χ3v) is 6.14. The first kappa shape index (κ1) is 15.1. The number of benzene rings is 1. The van der Waals surface area contributed by atoms with E-state index in [0.717, 1.165) is 5.92 Å². The first-order valence-corrected chi connectivity index (χ1v) is 9.11. The van der Waals surface area contributed by atoms with E-state index >= 15 is 0 Å². The molecule has 3 rings (SSSR count). The zero-order valence-electron chi connectivity index (χ0n) is 13.6. The Kier molecular flexibility index (Phi) is 5.00. The molecule has 2 aliphatic rings. The number of hydrogen-bond acceptors (Lipinski definition) is 1. The molecule has 1 unspecified atom stereocenters. The minimum atomic E-state index is 0.579. The highest BCUT2D eigenvalue weighted by Gasteiger charge is 2.36. The molecule has 2 saturated carbocycles. The standard InChI is InChI=1S/C20H31N/c1-2-20(14-9-15-20)16-21-19(17-10-5-3-6-11-17)18-12-7-4-8-13-18/h3,5-6,10-11,18-19,21H,2,4,7-9,12-16H2,1H3. The first-order chi connectivity index (χ1) is 10.3. The van der Waals surface area contributed by atoms with Crippen LogP contribution in [0.15, 0.2) is 30.3 Å². The minimum absolute atomic E-state index is 0.579. The zero-order valence-corrected chi connectivity index (χ0v) is 13.6. The second kappa shape index (κ2) is 6.96. The van der Waals surface area contributed by atoms with Crippen molar-refractivity contribution in [2.24, 2.45) is 11.3 Å². The summed E-state index contributed by atoms with van der Waals surface area (Å²) in [5.74, 6) is 0.843. The largest absolute Gasteiger partial charge is 0.309 e. The lowest BCUT2D eigenvalue weighted by molar-refractivity contribution is 0.110. The molecule has 1 heteroatoms. The van der Waals surface area contributed by atoms with E-state index in [1.807, 2.05) is 0 Å². The molecule has 0 saturated heterocycles. The van der Waals surface area contributed by atoms with Crippen molar-refractivity contribution in [2.75, 3.05) is 6.54 Å². The van der Waals surface area contributed by atoms with E-state index < -0.39 is 0 Å². The average Bonchev–Trinajstić information content (AvgIpc) is 2.52. The predicted octanol–water partition coefficient (Wildman–Crippen LogP) is 5.48. The van der Waals surface area contributed by atoms with E-state index in [1.54, 1.807) is 0 Å². The molecule has 1 aromatic rings. The Morgan fingerprint density at radius 1 is 1.05 bits per heavy atom. The Hall–Kier alpha value is -0.820. The molecular formula is C20H31N. The van der Waals surface area contributed by atoms with Crippen LogP contribution >= 0.6 is 0 Å². The van der Waals surface area contributed by atoms with Gasteiger partial charge in [0.2, 0.25) is 0 Å². The molecule has 0 aromatic heterocycles. The summed E-state index contributed by atoms with van der Waals surface area (Å²) in [5.41, 5.74) is 2.12. The second-order valence-corrected chi connectivity index (χ2v) is 7.37. The Labute approximate surface area is 130 Å². The molecule has 0 spiro atoms. The van der Waals surface area contributed by atoms with Gasteiger partial charge in [0.1, 0.15) is 0 Å². The highest BCUT2D eigenvalue weighted by atomic mass is 14.9. The molecule has 1 atom stereocenters. The third-order valence-electron chi connectivity index (χ3n) is 6.14. The van der Waals surface area contributed by atoms with E-state index in [4.69, 9.17) is 0 Å². The molecule has 2 aliphatic carbocycles. The number of hydrogen-bond donors (Lipinski definition) is 1. The SMILES string of the molecule is CCC1(CNC(c2ccccc2)C2CCCCC2)CCC1. The van der Waals surface area contributed by atoms with Gasteiger partial charge in [-0.05, 0) is 49.0 Å². The summed E-state index contributed by atoms with van der Waals surface area (Å²) in [7, 11) is 0. The molecule has 0 aliphatic heterocycles. The summed E-state index contributed by atoms with van der Waals surface area (Å²) in [4.78, 5) is 0. The van der Waals surface area contributed by atoms with Crippen molar-refractivity contribution in [3.63, 3.8) is 0 Å². The van der Waals surface area contributed by atoms with Crippen LogP contribution in [0.5, 0.6) is 0 Å². The fraction of sp³-hybridized carbons (Fsp3) is 0.700. The lowest BCUT2D eigenvalue weighted by Crippen LogP contribution is -2.42. The van der Waals surface area contributed by atoms with Gasteiger partial charge < -0.3 is 5.32 Å². The lowest BCUT2D eigenvalue weighted by Gasteiger charge is -2.43. The van der Waals surface area contributed by atoms with Gasteiger partial charge in [-0.15, -0.1) is 0 Å². The summed E-state index contributed by atoms with van der Waals surface area (Å²) in [6.07, 6.45) is 12.8. The van der Waals surface area contributed by atoms with Gasteiger partial charge in [-0.3, -0.25) is 0 Å². The van der Waals surface area contributed by atoms with E-state index in [-0.39, 0.29) is 0 Å². The van der Waals surface area contributed by atoms with Gasteiger partial charge in [-0.25, -0.2) is 0 Å². The van der Waals surface area contributed by atoms with E-state index in [9.17, 15) is 0 Å². The van der Waals surface area contributed by atoms with Crippen LogP contribution in [-0.2, 0) is 0 Å². The van der Waals surface area contributed by atoms with Crippen molar-refractivity contribution in [3.8, 4) is 0 Å². The Morgan fingerprint density at radius 2 is 1.76 bits per heavy atom. The fourth-order valence-corrected chi connectivity index (χ4v) is 4.34. The monoisotopic (exact) mass is 285 g/mol. The van der Waals surface area contributed by atoms with Crippen molar-refractivity contribution in [1.82, 2.24) is 5.32 Å². The predicted molar refractivity (Wildman–Crippen MR) is 90.3 cm³/mol. The average molecular weight is 285 g/mol. The molecule has 116 valence electrons. The summed E-state index contributed by atoms with van der Waals surface area (Å²) in [6, 6.07) is 11.8. The maximum Gasteiger partial charge on any atom is 0.0348 e. The van der Waals surface area contributed by atoms with Crippen LogP contribution in [0.3, 0.4) is 0 Å². The van der Waals surface area contributed by atoms with Crippen molar-refractivity contribution in [3.05, 3.63) is 35.9 Å². The highest BCUT2D eigenvalue weighted by molar-refractivity contribution is 5.20. The molecule has 0 heterocycles. The second-order valence-electron chi connectivity index (χ2n) is 7.37. The van der Waals surface area contributed by atoms with Gasteiger partial charge in [-0.2, -0.15) is 0 Å². The van der Waals surface area contributed by atoms with E-state index in [2.05, 4.69) is 42.6 Å². The van der Waals surface area contributed by atoms with Crippen molar-refractivity contribution in [1.29, 1.82) is 0 Å². The number of rotatable bonds is 6. The third kappa shape index (κ3) is 3.51. The van der Waals surface area contributed by atoms with Gasteiger partial charge in [0, 0.05) is 12.6 Å². The van der Waals surface area contributed by atoms with Gasteiger partial charge in [0.05, 0.1) is 0 Å². The Bertz CT molecular complexity index is 409. The summed E-state index contributed by atoms with van der Waals surface area (Å²) in [6.45, 7) is 3.60. The highest BCUT2D eigenvalue weighted by Crippen LogP contribution is 2.44. The smallest absolute Gasteiger partial charge is 0.0348 e. The molecule has 2 fully saturated rings. The van der Waals surface area contributed by atoms with Crippen LogP contribution in [0.4, 0.5) is 0 Å². The van der Waals surface area contributed by atoms with Crippen LogP contribution in [0.2, 0.25) is 0 Å². The van der Waals surface area contributed by atoms with E-state index in [0.29, 0.717) is 11.5 Å². The molecule has 21 heavy (non-hydrogen) atoms. The molecule has 1 N–H and O–H groups in total. The molecule has 0 amide bonds. The molecule has 0 bridgehead atoms. The molecular weight excluding hydrogens is 254 g/mol. The van der Waals surface area contributed by atoms with Crippen LogP contribution in [0.1, 0.15) is 76.3 Å². The summed E-state index contributed by atoms with van der Waals surface area (Å²) in [5, 5.41) is 4.00. The Balaban J connectivity index is 1.69. The van der Waals surface area contributed by atoms with Crippen LogP contribution in [-0.4, -0.2) is 6.54 Å². The fourth-order valence-electron chi connectivity index (χ4n) is 4.34.